The van der Waals surface area contributed by atoms with Crippen LogP contribution in [0, 0.1) is 12.3 Å². The normalized spacial score (nSPS) is 16.8. The number of likely N-dealkylation sites (tertiary alicyclic amines) is 1. The Morgan fingerprint density at radius 2 is 1.71 bits per heavy atom. The molecule has 2 heterocycles. The Hall–Kier alpha value is -3.63. The van der Waals surface area contributed by atoms with Crippen LogP contribution in [-0.4, -0.2) is 120 Å². The summed E-state index contributed by atoms with van der Waals surface area (Å²) >= 11 is 1.57. The van der Waals surface area contributed by atoms with Crippen LogP contribution < -0.4 is 16.4 Å². The fraction of sp³-hybridized carbons (Fsp3) is 0.639. The Labute approximate surface area is 305 Å². The molecular formula is C36H56N6O8S. The monoisotopic (exact) mass is 732 g/mol. The first-order valence-electron chi connectivity index (χ1n) is 17.4. The predicted octanol–water partition coefficient (Wildman–Crippen LogP) is 2.85. The van der Waals surface area contributed by atoms with Gasteiger partial charge in [-0.2, -0.15) is 0 Å². The molecule has 3 rings (SSSR count). The molecule has 4 amide bonds. The van der Waals surface area contributed by atoms with Gasteiger partial charge in [0.25, 0.3) is 0 Å². The SMILES string of the molecule is Cc1ncsc1-c1ccc(CNC(=O)C2CC(O)CN2C(=O)C(NC(=O)CCN(CCOCCOCCN)C(=O)OC(C)(C)C)C(C)(C)C)cc1. The van der Waals surface area contributed by atoms with E-state index in [2.05, 4.69) is 15.6 Å². The molecule has 1 aromatic heterocycles. The predicted molar refractivity (Wildman–Crippen MR) is 195 cm³/mol. The Morgan fingerprint density at radius 1 is 1.04 bits per heavy atom. The van der Waals surface area contributed by atoms with Gasteiger partial charge in [-0.25, -0.2) is 9.78 Å². The van der Waals surface area contributed by atoms with E-state index in [0.29, 0.717) is 26.4 Å². The second kappa shape index (κ2) is 19.3. The maximum Gasteiger partial charge on any atom is 0.410 e. The Morgan fingerprint density at radius 3 is 2.29 bits per heavy atom. The first-order chi connectivity index (χ1) is 24.0. The molecule has 1 aliphatic heterocycles. The molecule has 0 saturated carbocycles. The second-order valence-corrected chi connectivity index (χ2v) is 15.5. The number of hydrogen-bond acceptors (Lipinski definition) is 11. The van der Waals surface area contributed by atoms with Crippen molar-refractivity contribution in [1.29, 1.82) is 0 Å². The Bertz CT molecular complexity index is 1440. The fourth-order valence-electron chi connectivity index (χ4n) is 5.45. The van der Waals surface area contributed by atoms with Gasteiger partial charge in [-0.1, -0.05) is 45.0 Å². The van der Waals surface area contributed by atoms with Crippen molar-refractivity contribution < 1.29 is 38.5 Å². The molecule has 5 N–H and O–H groups in total. The van der Waals surface area contributed by atoms with Crippen molar-refractivity contribution in [3.05, 3.63) is 41.0 Å². The molecule has 0 spiro atoms. The van der Waals surface area contributed by atoms with Crippen molar-refractivity contribution in [3.8, 4) is 10.4 Å². The number of carbonyl (C=O) groups excluding carboxylic acids is 4. The number of rotatable bonds is 17. The number of β-amino-alcohol motifs (C(OH)–C–C–N with tert-alkyl or cyclic N) is 1. The molecule has 3 unspecified atom stereocenters. The lowest BCUT2D eigenvalue weighted by Gasteiger charge is -2.35. The van der Waals surface area contributed by atoms with Crippen molar-refractivity contribution in [2.45, 2.75) is 91.6 Å². The van der Waals surface area contributed by atoms with E-state index in [1.807, 2.05) is 52.0 Å². The molecule has 284 valence electrons. The maximum absolute atomic E-state index is 14.0. The number of nitrogens with zero attached hydrogens (tertiary/aromatic N) is 3. The van der Waals surface area contributed by atoms with Gasteiger partial charge >= 0.3 is 6.09 Å². The molecule has 3 atom stereocenters. The summed E-state index contributed by atoms with van der Waals surface area (Å²) in [6.07, 6.45) is -1.50. The van der Waals surface area contributed by atoms with Gasteiger partial charge in [0.15, 0.2) is 0 Å². The van der Waals surface area contributed by atoms with E-state index < -0.39 is 47.1 Å². The van der Waals surface area contributed by atoms with Crippen molar-refractivity contribution in [2.24, 2.45) is 11.1 Å². The summed E-state index contributed by atoms with van der Waals surface area (Å²) in [5.74, 6) is -1.31. The number of thiazole rings is 1. The number of hydrogen-bond donors (Lipinski definition) is 4. The number of amides is 4. The van der Waals surface area contributed by atoms with E-state index in [-0.39, 0.29) is 51.5 Å². The minimum absolute atomic E-state index is 0.0249. The summed E-state index contributed by atoms with van der Waals surface area (Å²) in [5, 5.41) is 16.3. The van der Waals surface area contributed by atoms with Crippen molar-refractivity contribution in [1.82, 2.24) is 25.4 Å². The van der Waals surface area contributed by atoms with Crippen LogP contribution in [0.25, 0.3) is 10.4 Å². The van der Waals surface area contributed by atoms with Crippen LogP contribution in [0.3, 0.4) is 0 Å². The summed E-state index contributed by atoms with van der Waals surface area (Å²) < 4.78 is 16.4. The van der Waals surface area contributed by atoms with Crippen LogP contribution in [0.2, 0.25) is 0 Å². The van der Waals surface area contributed by atoms with Crippen LogP contribution in [0.4, 0.5) is 4.79 Å². The van der Waals surface area contributed by atoms with Gasteiger partial charge in [0.05, 0.1) is 48.6 Å². The third kappa shape index (κ3) is 13.5. The number of nitrogens with two attached hydrogens (primary N) is 1. The zero-order chi connectivity index (χ0) is 37.8. The smallest absolute Gasteiger partial charge is 0.410 e. The first-order valence-corrected chi connectivity index (χ1v) is 18.3. The second-order valence-electron chi connectivity index (χ2n) is 14.7. The number of aliphatic hydroxyl groups is 1. The zero-order valence-corrected chi connectivity index (χ0v) is 31.8. The molecule has 1 saturated heterocycles. The molecule has 51 heavy (non-hydrogen) atoms. The van der Waals surface area contributed by atoms with Crippen molar-refractivity contribution in [2.75, 3.05) is 52.6 Å². The van der Waals surface area contributed by atoms with Gasteiger partial charge in [-0.3, -0.25) is 14.4 Å². The van der Waals surface area contributed by atoms with Crippen LogP contribution in [-0.2, 0) is 35.1 Å². The summed E-state index contributed by atoms with van der Waals surface area (Å²) in [6, 6.07) is 5.93. The molecule has 0 bridgehead atoms. The van der Waals surface area contributed by atoms with E-state index in [9.17, 15) is 24.3 Å². The number of nitrogens with one attached hydrogen (secondary N) is 2. The number of carbonyl (C=O) groups is 4. The zero-order valence-electron chi connectivity index (χ0n) is 31.0. The van der Waals surface area contributed by atoms with Gasteiger partial charge in [-0.05, 0) is 44.2 Å². The topological polar surface area (TPSA) is 186 Å². The average molecular weight is 733 g/mol. The minimum Gasteiger partial charge on any atom is -0.444 e. The van der Waals surface area contributed by atoms with E-state index in [1.165, 1.54) is 9.80 Å². The Kier molecular flexibility index (Phi) is 15.8. The highest BCUT2D eigenvalue weighted by atomic mass is 32.1. The van der Waals surface area contributed by atoms with E-state index in [4.69, 9.17) is 19.9 Å². The third-order valence-corrected chi connectivity index (χ3v) is 9.09. The van der Waals surface area contributed by atoms with E-state index in [1.54, 1.807) is 37.6 Å². The number of aliphatic hydroxyl groups excluding tert-OH is 1. The average Bonchev–Trinajstić information content (AvgIpc) is 3.67. The highest BCUT2D eigenvalue weighted by Gasteiger charge is 2.44. The summed E-state index contributed by atoms with van der Waals surface area (Å²) in [5.41, 5.74) is 8.64. The molecule has 14 nitrogen and oxygen atoms in total. The van der Waals surface area contributed by atoms with Gasteiger partial charge in [0.1, 0.15) is 17.7 Å². The lowest BCUT2D eigenvalue weighted by Crippen LogP contribution is -2.58. The van der Waals surface area contributed by atoms with Gasteiger partial charge in [0.2, 0.25) is 17.7 Å². The highest BCUT2D eigenvalue weighted by Crippen LogP contribution is 2.28. The summed E-state index contributed by atoms with van der Waals surface area (Å²) in [7, 11) is 0. The van der Waals surface area contributed by atoms with Crippen LogP contribution in [0.5, 0.6) is 0 Å². The molecule has 1 fully saturated rings. The number of benzene rings is 1. The van der Waals surface area contributed by atoms with Crippen molar-refractivity contribution >= 4 is 35.2 Å². The fourth-order valence-corrected chi connectivity index (χ4v) is 6.26. The summed E-state index contributed by atoms with van der Waals surface area (Å²) in [6.45, 7) is 14.8. The molecule has 2 aromatic rings. The lowest BCUT2D eigenvalue weighted by atomic mass is 9.85. The summed E-state index contributed by atoms with van der Waals surface area (Å²) in [4.78, 5) is 61.8. The molecule has 0 aliphatic carbocycles. The van der Waals surface area contributed by atoms with Crippen LogP contribution in [0.1, 0.15) is 65.6 Å². The quantitative estimate of drug-likeness (QED) is 0.176. The number of aromatic nitrogens is 1. The minimum atomic E-state index is -1.000. The highest BCUT2D eigenvalue weighted by molar-refractivity contribution is 7.13. The van der Waals surface area contributed by atoms with E-state index >= 15 is 0 Å². The van der Waals surface area contributed by atoms with Gasteiger partial charge < -0.3 is 45.5 Å². The van der Waals surface area contributed by atoms with Crippen LogP contribution >= 0.6 is 11.3 Å². The molecule has 1 aliphatic rings. The lowest BCUT2D eigenvalue weighted by molar-refractivity contribution is -0.144. The van der Waals surface area contributed by atoms with Crippen molar-refractivity contribution in [3.63, 3.8) is 0 Å². The largest absolute Gasteiger partial charge is 0.444 e. The maximum atomic E-state index is 14.0. The Balaban J connectivity index is 1.61. The molecule has 1 aromatic carbocycles. The third-order valence-electron chi connectivity index (χ3n) is 8.11. The molecule has 0 radical (unpaired) electrons. The first kappa shape index (κ1) is 41.8. The molecular weight excluding hydrogens is 676 g/mol. The van der Waals surface area contributed by atoms with Gasteiger partial charge in [0, 0.05) is 45.6 Å². The van der Waals surface area contributed by atoms with E-state index in [0.717, 1.165) is 21.7 Å². The number of aryl methyl sites for hydroxylation is 1. The standard InChI is InChI=1S/C36H56N6O8S/c1-24-30(51-23-39-24)26-10-8-25(9-11-26)21-38-32(45)28-20-27(43)22-42(28)33(46)31(35(2,3)4)40-29(44)12-14-41(34(47)50-36(5,6)7)15-17-49-19-18-48-16-13-37/h8-11,23,27-28,31,43H,12-22,37H2,1-7H3,(H,38,45)(H,40,44). The number of ether oxygens (including phenoxy) is 3. The van der Waals surface area contributed by atoms with Crippen LogP contribution in [0.15, 0.2) is 29.8 Å². The van der Waals surface area contributed by atoms with Gasteiger partial charge in [-0.15, -0.1) is 11.3 Å². The molecule has 15 heteroatoms.